The van der Waals surface area contributed by atoms with Crippen molar-refractivity contribution in [2.45, 2.75) is 64.7 Å². The van der Waals surface area contributed by atoms with Gasteiger partial charge in [-0.2, -0.15) is 24.2 Å². The molecule has 0 aliphatic carbocycles. The van der Waals surface area contributed by atoms with Crippen LogP contribution in [0.5, 0.6) is 0 Å². The first-order valence-electron chi connectivity index (χ1n) is 21.5. The maximum Gasteiger partial charge on any atom is 0.228 e. The lowest BCUT2D eigenvalue weighted by molar-refractivity contribution is -0.597. The third-order valence-electron chi connectivity index (χ3n) is 11.8. The van der Waals surface area contributed by atoms with Crippen LogP contribution in [-0.2, 0) is 10.2 Å². The number of rotatable bonds is 15. The van der Waals surface area contributed by atoms with Crippen LogP contribution in [0.4, 0.5) is 5.69 Å². The van der Waals surface area contributed by atoms with E-state index in [1.54, 1.807) is 24.4 Å². The molecule has 0 saturated heterocycles. The van der Waals surface area contributed by atoms with Crippen molar-refractivity contribution in [1.29, 1.82) is 10.5 Å². The van der Waals surface area contributed by atoms with Gasteiger partial charge in [0.1, 0.15) is 17.9 Å². The first-order chi connectivity index (χ1) is 30.6. The number of pyridine rings is 3. The van der Waals surface area contributed by atoms with Gasteiger partial charge in [0.15, 0.2) is 37.2 Å². The molecule has 7 aromatic rings. The van der Waals surface area contributed by atoms with E-state index in [1.807, 2.05) is 71.6 Å². The van der Waals surface area contributed by atoms with Crippen molar-refractivity contribution in [2.75, 3.05) is 5.32 Å². The van der Waals surface area contributed by atoms with E-state index in [9.17, 15) is 15.3 Å². The van der Waals surface area contributed by atoms with Gasteiger partial charge in [0.25, 0.3) is 0 Å². The zero-order valence-electron chi connectivity index (χ0n) is 36.6. The first-order valence-corrected chi connectivity index (χ1v) is 21.5. The highest BCUT2D eigenvalue weighted by atomic mass is 16.1. The second-order valence-electron chi connectivity index (χ2n) is 16.8. The molecule has 7 heteroatoms. The summed E-state index contributed by atoms with van der Waals surface area (Å²) < 4.78 is 6.43. The lowest BCUT2D eigenvalue weighted by Gasteiger charge is -2.27. The summed E-state index contributed by atoms with van der Waals surface area (Å²) >= 11 is 0. The Labute approximate surface area is 371 Å². The molecule has 0 radical (unpaired) electrons. The summed E-state index contributed by atoms with van der Waals surface area (Å²) in [7, 11) is 0. The van der Waals surface area contributed by atoms with E-state index in [2.05, 4.69) is 153 Å². The Hall–Kier alpha value is -7.74. The van der Waals surface area contributed by atoms with Gasteiger partial charge in [-0.1, -0.05) is 89.2 Å². The van der Waals surface area contributed by atoms with Crippen molar-refractivity contribution >= 4 is 17.5 Å². The molecular formula is C56H53N6O+3. The summed E-state index contributed by atoms with van der Waals surface area (Å²) in [5.74, 6) is 0.642. The van der Waals surface area contributed by atoms with Crippen molar-refractivity contribution in [3.63, 3.8) is 0 Å². The van der Waals surface area contributed by atoms with Crippen LogP contribution in [0.1, 0.15) is 92.7 Å². The second kappa shape index (κ2) is 19.8. The molecule has 1 N–H and O–H groups in total. The molecule has 0 amide bonds. The van der Waals surface area contributed by atoms with Crippen molar-refractivity contribution in [2.24, 2.45) is 0 Å². The largest absolute Gasteiger partial charge is 0.362 e. The Morgan fingerprint density at radius 1 is 0.683 bits per heavy atom. The zero-order valence-corrected chi connectivity index (χ0v) is 36.6. The first kappa shape index (κ1) is 43.4. The number of aldehydes is 1. The molecule has 0 aliphatic rings. The molecule has 7 nitrogen and oxygen atoms in total. The summed E-state index contributed by atoms with van der Waals surface area (Å²) in [4.78, 5) is 11.6. The van der Waals surface area contributed by atoms with Crippen LogP contribution in [0.3, 0.4) is 0 Å². The fourth-order valence-electron chi connectivity index (χ4n) is 8.23. The van der Waals surface area contributed by atoms with Crippen LogP contribution in [0.15, 0.2) is 183 Å². The molecular weight excluding hydrogens is 773 g/mol. The van der Waals surface area contributed by atoms with Crippen molar-refractivity contribution in [3.05, 3.63) is 216 Å². The predicted molar refractivity (Wildman–Crippen MR) is 250 cm³/mol. The molecule has 0 fully saturated rings. The van der Waals surface area contributed by atoms with Gasteiger partial charge in [0, 0.05) is 77.1 Å². The number of para-hydroxylation sites is 3. The van der Waals surface area contributed by atoms with E-state index < -0.39 is 0 Å². The topological polar surface area (TPSA) is 88.3 Å². The number of allylic oxidation sites excluding steroid dienone is 3. The number of benzene rings is 4. The molecule has 1 unspecified atom stereocenters. The van der Waals surface area contributed by atoms with E-state index in [-0.39, 0.29) is 5.41 Å². The van der Waals surface area contributed by atoms with Gasteiger partial charge in [-0.15, -0.1) is 0 Å². The normalized spacial score (nSPS) is 12.2. The second-order valence-corrected chi connectivity index (χ2v) is 16.8. The monoisotopic (exact) mass is 825 g/mol. The Morgan fingerprint density at radius 3 is 1.95 bits per heavy atom. The summed E-state index contributed by atoms with van der Waals surface area (Å²) in [6.07, 6.45) is 20.5. The molecule has 3 aromatic heterocycles. The molecule has 0 bridgehead atoms. The summed E-state index contributed by atoms with van der Waals surface area (Å²) in [6, 6.07) is 47.4. The number of aromatic nitrogens is 3. The minimum Gasteiger partial charge on any atom is -0.362 e. The fourth-order valence-corrected chi connectivity index (χ4v) is 8.23. The number of carbonyl (C=O) groups excluding carboxylic acids is 1. The summed E-state index contributed by atoms with van der Waals surface area (Å²) in [5.41, 5.74) is 12.9. The van der Waals surface area contributed by atoms with Crippen LogP contribution in [0.25, 0.3) is 33.8 Å². The van der Waals surface area contributed by atoms with Gasteiger partial charge in [0.2, 0.25) is 17.1 Å². The summed E-state index contributed by atoms with van der Waals surface area (Å²) in [5, 5.41) is 22.0. The zero-order chi connectivity index (χ0) is 44.3. The quantitative estimate of drug-likeness (QED) is 0.0483. The van der Waals surface area contributed by atoms with Crippen LogP contribution in [0.2, 0.25) is 0 Å². The lowest BCUT2D eigenvalue weighted by Crippen LogP contribution is -2.34. The maximum atomic E-state index is 11.6. The average Bonchev–Trinajstić information content (AvgIpc) is 3.33. The van der Waals surface area contributed by atoms with Gasteiger partial charge in [0.05, 0.1) is 11.6 Å². The summed E-state index contributed by atoms with van der Waals surface area (Å²) in [6.45, 7) is 11.6. The van der Waals surface area contributed by atoms with E-state index in [0.717, 1.165) is 58.5 Å². The minimum atomic E-state index is -0.133. The lowest BCUT2D eigenvalue weighted by atomic mass is 9.76. The number of carbonyl (C=O) groups is 1. The maximum absolute atomic E-state index is 11.6. The van der Waals surface area contributed by atoms with Gasteiger partial charge in [-0.25, -0.2) is 0 Å². The standard InChI is InChI=1S/C56H52N6O/c1-41(2)50-15-11-16-51(55(50)62-35-26-47(27-36-62)46-22-31-60(32-23-46)53-18-8-6-13-48(53)40-58)42(3)20-29-56(4,5)52-17-7-9-19-54(52)61-33-24-45(25-34-61)44(28-37-63)21-30-59-49-14-10-12-43(38-49)39-57/h6-19,21-28,30-38,41-42H,20,29H2,1-5H3/q+2/p+1. The van der Waals surface area contributed by atoms with Crippen LogP contribution >= 0.6 is 0 Å². The van der Waals surface area contributed by atoms with Gasteiger partial charge in [-0.05, 0) is 88.8 Å². The number of nitrogens with zero attached hydrogens (tertiary/aromatic N) is 5. The fraction of sp³-hybridized carbons (Fsp3) is 0.179. The molecule has 310 valence electrons. The highest BCUT2D eigenvalue weighted by Gasteiger charge is 2.30. The molecule has 1 atom stereocenters. The predicted octanol–water partition coefficient (Wildman–Crippen LogP) is 11.1. The van der Waals surface area contributed by atoms with E-state index in [0.29, 0.717) is 23.0 Å². The Bertz CT molecular complexity index is 2860. The molecule has 63 heavy (non-hydrogen) atoms. The molecule has 0 aliphatic heterocycles. The van der Waals surface area contributed by atoms with Gasteiger partial charge < -0.3 is 5.32 Å². The number of nitrogens with one attached hydrogen (secondary N) is 1. The van der Waals surface area contributed by atoms with Crippen LogP contribution in [-0.4, -0.2) is 6.29 Å². The Morgan fingerprint density at radius 2 is 1.29 bits per heavy atom. The molecule has 0 saturated carbocycles. The Balaban J connectivity index is 1.08. The van der Waals surface area contributed by atoms with Crippen molar-refractivity contribution in [3.8, 4) is 40.3 Å². The van der Waals surface area contributed by atoms with Gasteiger partial charge >= 0.3 is 0 Å². The number of anilines is 1. The van der Waals surface area contributed by atoms with E-state index >= 15 is 0 Å². The Kier molecular flexibility index (Phi) is 13.6. The molecule has 4 aromatic carbocycles. The molecule has 7 rings (SSSR count). The van der Waals surface area contributed by atoms with E-state index in [4.69, 9.17) is 0 Å². The number of nitriles is 2. The average molecular weight is 826 g/mol. The van der Waals surface area contributed by atoms with Crippen LogP contribution < -0.4 is 19.0 Å². The SMILES string of the molecule is CC(C)c1cccc(C(C)CCC(C)(C)c2ccccc2-[n+]2ccc(C(C=CNc3cccc(C#N)c3)=CC=O)cc2)c1-[n+]1ccc(-c2cc[n+](-c3ccccc3C#N)cc2)cc1. The van der Waals surface area contributed by atoms with E-state index in [1.165, 1.54) is 22.4 Å². The third-order valence-corrected chi connectivity index (χ3v) is 11.8. The van der Waals surface area contributed by atoms with Crippen molar-refractivity contribution < 1.29 is 18.5 Å². The number of hydrogen-bond acceptors (Lipinski definition) is 4. The third kappa shape index (κ3) is 10.1. The van der Waals surface area contributed by atoms with Crippen LogP contribution in [0, 0.1) is 22.7 Å². The number of hydrogen-bond donors (Lipinski definition) is 1. The molecule has 0 spiro atoms. The van der Waals surface area contributed by atoms with Gasteiger partial charge in [-0.3, -0.25) is 4.79 Å². The highest BCUT2D eigenvalue weighted by Crippen LogP contribution is 2.37. The minimum absolute atomic E-state index is 0.133. The van der Waals surface area contributed by atoms with Crippen molar-refractivity contribution in [1.82, 2.24) is 0 Å². The highest BCUT2D eigenvalue weighted by molar-refractivity contribution is 5.86. The smallest absolute Gasteiger partial charge is 0.228 e. The molecule has 3 heterocycles.